The summed E-state index contributed by atoms with van der Waals surface area (Å²) in [6.07, 6.45) is 4.66. The van der Waals surface area contributed by atoms with Crippen molar-refractivity contribution in [3.63, 3.8) is 0 Å². The Labute approximate surface area is 97.5 Å². The fourth-order valence-electron chi connectivity index (χ4n) is 1.78. The molecule has 5 heteroatoms. The van der Waals surface area contributed by atoms with Crippen LogP contribution in [0.2, 0.25) is 0 Å². The van der Waals surface area contributed by atoms with Gasteiger partial charge in [0.05, 0.1) is 0 Å². The van der Waals surface area contributed by atoms with Crippen molar-refractivity contribution < 1.29 is 13.2 Å². The zero-order chi connectivity index (χ0) is 12.5. The highest BCUT2D eigenvalue weighted by Crippen LogP contribution is 2.29. The van der Waals surface area contributed by atoms with E-state index in [0.717, 1.165) is 6.07 Å². The highest BCUT2D eigenvalue weighted by molar-refractivity contribution is 5.43. The molecule has 1 fully saturated rings. The van der Waals surface area contributed by atoms with E-state index in [9.17, 15) is 13.2 Å². The molecule has 1 aliphatic heterocycles. The van der Waals surface area contributed by atoms with E-state index in [1.54, 1.807) is 4.90 Å². The molecular weight excluding hydrogens is 229 g/mol. The molecule has 0 aliphatic carbocycles. The second kappa shape index (κ2) is 4.28. The van der Waals surface area contributed by atoms with Crippen LogP contribution in [0.5, 0.6) is 0 Å². The highest BCUT2D eigenvalue weighted by atomic mass is 19.3. The van der Waals surface area contributed by atoms with Crippen LogP contribution in [0.3, 0.4) is 0 Å². The zero-order valence-corrected chi connectivity index (χ0v) is 9.09. The van der Waals surface area contributed by atoms with E-state index >= 15 is 0 Å². The van der Waals surface area contributed by atoms with Crippen molar-refractivity contribution in [3.8, 4) is 12.3 Å². The molecule has 2 rings (SSSR count). The van der Waals surface area contributed by atoms with Crippen LogP contribution < -0.4 is 4.90 Å². The van der Waals surface area contributed by atoms with E-state index in [-0.39, 0.29) is 31.6 Å². The number of rotatable bonds is 1. The molecule has 1 aromatic rings. The van der Waals surface area contributed by atoms with Gasteiger partial charge in [-0.3, -0.25) is 0 Å². The topological polar surface area (TPSA) is 16.1 Å². The van der Waals surface area contributed by atoms with E-state index in [1.165, 1.54) is 6.07 Å². The van der Waals surface area contributed by atoms with Crippen LogP contribution in [0, 0.1) is 18.2 Å². The van der Waals surface area contributed by atoms with Gasteiger partial charge in [-0.05, 0) is 0 Å². The largest absolute Gasteiger partial charge is 0.356 e. The molecule has 1 aromatic heterocycles. The van der Waals surface area contributed by atoms with Gasteiger partial charge in [0.2, 0.25) is 0 Å². The molecule has 2 nitrogen and oxygen atoms in total. The Bertz CT molecular complexity index is 455. The summed E-state index contributed by atoms with van der Waals surface area (Å²) in [4.78, 5) is 5.65. The van der Waals surface area contributed by atoms with Crippen molar-refractivity contribution in [1.29, 1.82) is 0 Å². The molecule has 2 heterocycles. The fraction of sp³-hybridized carbons (Fsp3) is 0.417. The summed E-state index contributed by atoms with van der Waals surface area (Å²) in [6.45, 7) is 0.320. The van der Waals surface area contributed by atoms with E-state index < -0.39 is 11.7 Å². The first-order chi connectivity index (χ1) is 8.00. The van der Waals surface area contributed by atoms with Crippen molar-refractivity contribution in [2.24, 2.45) is 0 Å². The molecule has 0 N–H and O–H groups in total. The molecule has 90 valence electrons. The van der Waals surface area contributed by atoms with Crippen molar-refractivity contribution in [1.82, 2.24) is 4.98 Å². The van der Waals surface area contributed by atoms with Crippen LogP contribution in [-0.2, 0) is 0 Å². The molecule has 0 bridgehead atoms. The number of anilines is 1. The number of hydrogen-bond acceptors (Lipinski definition) is 2. The van der Waals surface area contributed by atoms with Gasteiger partial charge < -0.3 is 4.90 Å². The lowest BCUT2D eigenvalue weighted by Gasteiger charge is -2.32. The highest BCUT2D eigenvalue weighted by Gasteiger charge is 2.34. The van der Waals surface area contributed by atoms with Gasteiger partial charge >= 0.3 is 0 Å². The first kappa shape index (κ1) is 11.8. The maximum absolute atomic E-state index is 13.2. The van der Waals surface area contributed by atoms with Crippen LogP contribution in [0.15, 0.2) is 12.1 Å². The average Bonchev–Trinajstić information content (AvgIpc) is 2.28. The maximum atomic E-state index is 13.2. The lowest BCUT2D eigenvalue weighted by atomic mass is 10.1. The molecule has 0 atom stereocenters. The summed E-state index contributed by atoms with van der Waals surface area (Å²) in [5.41, 5.74) is 0.178. The fourth-order valence-corrected chi connectivity index (χ4v) is 1.78. The Morgan fingerprint density at radius 2 is 1.94 bits per heavy atom. The lowest BCUT2D eigenvalue weighted by molar-refractivity contribution is -0.0221. The normalized spacial score (nSPS) is 18.8. The Morgan fingerprint density at radius 3 is 2.53 bits per heavy atom. The van der Waals surface area contributed by atoms with Crippen molar-refractivity contribution in [2.75, 3.05) is 18.0 Å². The van der Waals surface area contributed by atoms with Crippen LogP contribution in [0.4, 0.5) is 19.0 Å². The quantitative estimate of drug-likeness (QED) is 0.701. The predicted molar refractivity (Wildman–Crippen MR) is 58.5 cm³/mol. The van der Waals surface area contributed by atoms with Gasteiger partial charge in [-0.2, -0.15) is 0 Å². The van der Waals surface area contributed by atoms with Crippen LogP contribution in [-0.4, -0.2) is 24.0 Å². The third-order valence-electron chi connectivity index (χ3n) is 2.74. The first-order valence-electron chi connectivity index (χ1n) is 5.27. The molecule has 0 radical (unpaired) electrons. The second-order valence-corrected chi connectivity index (χ2v) is 4.02. The van der Waals surface area contributed by atoms with Gasteiger partial charge in [0.15, 0.2) is 0 Å². The Balaban J connectivity index is 2.19. The molecule has 0 saturated carbocycles. The van der Waals surface area contributed by atoms with E-state index in [1.807, 2.05) is 0 Å². The van der Waals surface area contributed by atoms with Crippen LogP contribution >= 0.6 is 0 Å². The minimum Gasteiger partial charge on any atom is -0.356 e. The summed E-state index contributed by atoms with van der Waals surface area (Å²) in [5, 5.41) is 0. The van der Waals surface area contributed by atoms with Gasteiger partial charge in [0, 0.05) is 38.1 Å². The number of nitrogens with zero attached hydrogens (tertiary/aromatic N) is 2. The third-order valence-corrected chi connectivity index (χ3v) is 2.74. The summed E-state index contributed by atoms with van der Waals surface area (Å²) < 4.78 is 39.1. The molecule has 0 spiro atoms. The number of piperidine rings is 1. The molecule has 1 saturated heterocycles. The van der Waals surface area contributed by atoms with Gasteiger partial charge in [-0.25, -0.2) is 18.2 Å². The Hall–Kier alpha value is -1.70. The minimum atomic E-state index is -2.63. The Kier molecular flexibility index (Phi) is 2.97. The number of halogens is 3. The second-order valence-electron chi connectivity index (χ2n) is 4.02. The predicted octanol–water partition coefficient (Wildman–Crippen LogP) is 2.44. The summed E-state index contributed by atoms with van der Waals surface area (Å²) in [5.74, 6) is -0.561. The molecule has 0 amide bonds. The van der Waals surface area contributed by atoms with E-state index in [4.69, 9.17) is 6.42 Å². The van der Waals surface area contributed by atoms with Gasteiger partial charge in [-0.1, -0.05) is 5.92 Å². The standard InChI is InChI=1S/C12H11F3N2/c1-2-10-7-9(13)8-11(16-10)17-5-3-12(14,15)4-6-17/h1,7-8H,3-6H2. The number of alkyl halides is 2. The average molecular weight is 240 g/mol. The first-order valence-corrected chi connectivity index (χ1v) is 5.27. The number of hydrogen-bond donors (Lipinski definition) is 0. The number of pyridine rings is 1. The molecular formula is C12H11F3N2. The maximum Gasteiger partial charge on any atom is 0.251 e. The van der Waals surface area contributed by atoms with Gasteiger partial charge in [0.25, 0.3) is 5.92 Å². The number of terminal acetylenes is 1. The Morgan fingerprint density at radius 1 is 1.29 bits per heavy atom. The smallest absolute Gasteiger partial charge is 0.251 e. The monoisotopic (exact) mass is 240 g/mol. The third kappa shape index (κ3) is 2.70. The SMILES string of the molecule is C#Cc1cc(F)cc(N2CCC(F)(F)CC2)n1. The van der Waals surface area contributed by atoms with Gasteiger partial charge in [0.1, 0.15) is 17.3 Å². The van der Waals surface area contributed by atoms with Crippen molar-refractivity contribution in [2.45, 2.75) is 18.8 Å². The summed E-state index contributed by atoms with van der Waals surface area (Å²) in [7, 11) is 0. The van der Waals surface area contributed by atoms with Crippen molar-refractivity contribution in [3.05, 3.63) is 23.6 Å². The summed E-state index contributed by atoms with van der Waals surface area (Å²) in [6, 6.07) is 2.35. The van der Waals surface area contributed by atoms with Crippen LogP contribution in [0.1, 0.15) is 18.5 Å². The van der Waals surface area contributed by atoms with E-state index in [0.29, 0.717) is 5.82 Å². The lowest BCUT2D eigenvalue weighted by Crippen LogP contribution is -2.39. The zero-order valence-electron chi connectivity index (χ0n) is 9.09. The van der Waals surface area contributed by atoms with E-state index in [2.05, 4.69) is 10.9 Å². The molecule has 0 aromatic carbocycles. The summed E-state index contributed by atoms with van der Waals surface area (Å²) >= 11 is 0. The molecule has 0 unspecified atom stereocenters. The van der Waals surface area contributed by atoms with Crippen molar-refractivity contribution >= 4 is 5.82 Å². The van der Waals surface area contributed by atoms with Crippen LogP contribution in [0.25, 0.3) is 0 Å². The number of aromatic nitrogens is 1. The van der Waals surface area contributed by atoms with Gasteiger partial charge in [-0.15, -0.1) is 6.42 Å². The molecule has 1 aliphatic rings. The molecule has 17 heavy (non-hydrogen) atoms. The minimum absolute atomic E-state index is 0.160.